The van der Waals surface area contributed by atoms with E-state index in [9.17, 15) is 4.79 Å². The summed E-state index contributed by atoms with van der Waals surface area (Å²) < 4.78 is 0. The van der Waals surface area contributed by atoms with E-state index < -0.39 is 0 Å². The van der Waals surface area contributed by atoms with Gasteiger partial charge in [-0.1, -0.05) is 0 Å². The van der Waals surface area contributed by atoms with E-state index in [1.54, 1.807) is 18.3 Å². The van der Waals surface area contributed by atoms with Crippen molar-refractivity contribution >= 4 is 11.7 Å². The molecule has 1 atom stereocenters. The van der Waals surface area contributed by atoms with Crippen LogP contribution in [-0.2, 0) is 4.79 Å². The van der Waals surface area contributed by atoms with Crippen LogP contribution in [0.2, 0.25) is 0 Å². The number of pyridine rings is 1. The average molecular weight is 230 g/mol. The second-order valence-electron chi connectivity index (χ2n) is 4.12. The van der Waals surface area contributed by atoms with E-state index in [-0.39, 0.29) is 11.9 Å². The molecule has 2 rings (SSSR count). The summed E-state index contributed by atoms with van der Waals surface area (Å²) in [5, 5.41) is 11.9. The number of anilines is 1. The zero-order chi connectivity index (χ0) is 12.3. The number of nitriles is 1. The average Bonchev–Trinajstić information content (AvgIpc) is 2.76. The van der Waals surface area contributed by atoms with Gasteiger partial charge in [0.05, 0.1) is 5.56 Å². The van der Waals surface area contributed by atoms with E-state index in [0.29, 0.717) is 17.9 Å². The van der Waals surface area contributed by atoms with E-state index >= 15 is 0 Å². The number of hydrogen-bond acceptors (Lipinski definition) is 4. The van der Waals surface area contributed by atoms with Gasteiger partial charge in [-0.05, 0) is 18.6 Å². The summed E-state index contributed by atoms with van der Waals surface area (Å²) in [4.78, 5) is 17.2. The third-order valence-electron chi connectivity index (χ3n) is 2.80. The number of nitrogens with one attached hydrogen (secondary N) is 1. The van der Waals surface area contributed by atoms with Gasteiger partial charge in [-0.2, -0.15) is 5.26 Å². The summed E-state index contributed by atoms with van der Waals surface area (Å²) in [6.07, 6.45) is 2.57. The highest BCUT2D eigenvalue weighted by Crippen LogP contribution is 2.21. The van der Waals surface area contributed by atoms with Crippen molar-refractivity contribution in [1.29, 1.82) is 5.26 Å². The number of hydrogen-bond donors (Lipinski definition) is 1. The van der Waals surface area contributed by atoms with Gasteiger partial charge >= 0.3 is 0 Å². The minimum atomic E-state index is -0.0154. The van der Waals surface area contributed by atoms with E-state index in [1.165, 1.54) is 6.92 Å². The van der Waals surface area contributed by atoms with Crippen LogP contribution in [0.4, 0.5) is 5.82 Å². The van der Waals surface area contributed by atoms with Crippen LogP contribution in [0, 0.1) is 11.3 Å². The molecule has 1 amide bonds. The predicted octanol–water partition coefficient (Wildman–Crippen LogP) is 0.668. The summed E-state index contributed by atoms with van der Waals surface area (Å²) in [5.74, 6) is 0.696. The Labute approximate surface area is 100 Å². The smallest absolute Gasteiger partial charge is 0.217 e. The lowest BCUT2D eigenvalue weighted by Crippen LogP contribution is -2.35. The fraction of sp³-hybridized carbons (Fsp3) is 0.417. The molecule has 1 N–H and O–H groups in total. The Bertz CT molecular complexity index is 466. The minimum Gasteiger partial charge on any atom is -0.353 e. The Morgan fingerprint density at radius 1 is 1.71 bits per heavy atom. The van der Waals surface area contributed by atoms with E-state index in [0.717, 1.165) is 13.0 Å². The third-order valence-corrected chi connectivity index (χ3v) is 2.80. The second-order valence-corrected chi connectivity index (χ2v) is 4.12. The number of carbonyl (C=O) groups is 1. The van der Waals surface area contributed by atoms with Crippen LogP contribution in [0.25, 0.3) is 0 Å². The predicted molar refractivity (Wildman–Crippen MR) is 63.4 cm³/mol. The molecule has 0 saturated carbocycles. The van der Waals surface area contributed by atoms with Crippen molar-refractivity contribution < 1.29 is 4.79 Å². The van der Waals surface area contributed by atoms with Gasteiger partial charge in [-0.15, -0.1) is 0 Å². The number of aromatic nitrogens is 1. The van der Waals surface area contributed by atoms with Gasteiger partial charge in [0.25, 0.3) is 0 Å². The molecule has 0 aromatic carbocycles. The Hall–Kier alpha value is -2.09. The first kappa shape index (κ1) is 11.4. The maximum absolute atomic E-state index is 11.0. The first-order valence-corrected chi connectivity index (χ1v) is 5.58. The quantitative estimate of drug-likeness (QED) is 0.810. The van der Waals surface area contributed by atoms with Gasteiger partial charge in [-0.3, -0.25) is 4.79 Å². The monoisotopic (exact) mass is 230 g/mol. The Morgan fingerprint density at radius 3 is 3.24 bits per heavy atom. The van der Waals surface area contributed by atoms with Crippen molar-refractivity contribution in [3.63, 3.8) is 0 Å². The lowest BCUT2D eigenvalue weighted by Gasteiger charge is -2.18. The van der Waals surface area contributed by atoms with Crippen LogP contribution in [0.5, 0.6) is 0 Å². The molecule has 88 valence electrons. The normalized spacial score (nSPS) is 18.8. The van der Waals surface area contributed by atoms with Crippen LogP contribution in [0.1, 0.15) is 18.9 Å². The van der Waals surface area contributed by atoms with Crippen molar-refractivity contribution in [3.8, 4) is 6.07 Å². The molecule has 0 bridgehead atoms. The van der Waals surface area contributed by atoms with Crippen molar-refractivity contribution in [2.24, 2.45) is 0 Å². The molecule has 1 aromatic heterocycles. The fourth-order valence-electron chi connectivity index (χ4n) is 2.09. The van der Waals surface area contributed by atoms with E-state index in [1.807, 2.05) is 4.90 Å². The molecule has 2 heterocycles. The molecule has 5 heteroatoms. The molecule has 1 aromatic rings. The largest absolute Gasteiger partial charge is 0.353 e. The highest BCUT2D eigenvalue weighted by molar-refractivity contribution is 5.73. The van der Waals surface area contributed by atoms with E-state index in [2.05, 4.69) is 16.4 Å². The number of amides is 1. The van der Waals surface area contributed by atoms with Gasteiger partial charge in [0.1, 0.15) is 11.9 Å². The molecule has 0 radical (unpaired) electrons. The standard InChI is InChI=1S/C12H14N4O/c1-9(17)15-11-4-6-16(8-11)12-10(7-13)3-2-5-14-12/h2-3,5,11H,4,6,8H2,1H3,(H,15,17). The maximum atomic E-state index is 11.0. The van der Waals surface area contributed by atoms with E-state index in [4.69, 9.17) is 5.26 Å². The highest BCUT2D eigenvalue weighted by Gasteiger charge is 2.25. The molecule has 1 aliphatic heterocycles. The van der Waals surface area contributed by atoms with Crippen LogP contribution >= 0.6 is 0 Å². The number of carbonyl (C=O) groups excluding carboxylic acids is 1. The molecule has 1 unspecified atom stereocenters. The van der Waals surface area contributed by atoms with Crippen molar-refractivity contribution in [2.75, 3.05) is 18.0 Å². The number of nitrogens with zero attached hydrogens (tertiary/aromatic N) is 3. The lowest BCUT2D eigenvalue weighted by molar-refractivity contribution is -0.119. The van der Waals surface area contributed by atoms with Gasteiger partial charge < -0.3 is 10.2 Å². The Kier molecular flexibility index (Phi) is 3.24. The van der Waals surface area contributed by atoms with Crippen LogP contribution in [-0.4, -0.2) is 30.0 Å². The topological polar surface area (TPSA) is 69.0 Å². The van der Waals surface area contributed by atoms with Gasteiger partial charge in [-0.25, -0.2) is 4.98 Å². The van der Waals surface area contributed by atoms with Gasteiger partial charge in [0.2, 0.25) is 5.91 Å². The molecular weight excluding hydrogens is 216 g/mol. The SMILES string of the molecule is CC(=O)NC1CCN(c2ncccc2C#N)C1. The summed E-state index contributed by atoms with van der Waals surface area (Å²) in [7, 11) is 0. The maximum Gasteiger partial charge on any atom is 0.217 e. The molecular formula is C12H14N4O. The zero-order valence-corrected chi connectivity index (χ0v) is 9.68. The van der Waals surface area contributed by atoms with Crippen molar-refractivity contribution in [3.05, 3.63) is 23.9 Å². The fourth-order valence-corrected chi connectivity index (χ4v) is 2.09. The first-order chi connectivity index (χ1) is 8.20. The first-order valence-electron chi connectivity index (χ1n) is 5.58. The summed E-state index contributed by atoms with van der Waals surface area (Å²) in [6, 6.07) is 5.80. The summed E-state index contributed by atoms with van der Waals surface area (Å²) in [6.45, 7) is 3.05. The van der Waals surface area contributed by atoms with Gasteiger partial charge in [0.15, 0.2) is 0 Å². The van der Waals surface area contributed by atoms with Crippen LogP contribution in [0.3, 0.4) is 0 Å². The molecule has 0 aliphatic carbocycles. The third kappa shape index (κ3) is 2.53. The highest BCUT2D eigenvalue weighted by atomic mass is 16.1. The van der Waals surface area contributed by atoms with Crippen molar-refractivity contribution in [1.82, 2.24) is 10.3 Å². The molecule has 1 saturated heterocycles. The molecule has 0 spiro atoms. The Morgan fingerprint density at radius 2 is 2.53 bits per heavy atom. The summed E-state index contributed by atoms with van der Waals surface area (Å²) >= 11 is 0. The van der Waals surface area contributed by atoms with Crippen LogP contribution in [0.15, 0.2) is 18.3 Å². The summed E-state index contributed by atoms with van der Waals surface area (Å²) in [5.41, 5.74) is 0.580. The minimum absolute atomic E-state index is 0.0154. The Balaban J connectivity index is 2.10. The van der Waals surface area contributed by atoms with Crippen molar-refractivity contribution in [2.45, 2.75) is 19.4 Å². The lowest BCUT2D eigenvalue weighted by atomic mass is 10.2. The second kappa shape index (κ2) is 4.83. The zero-order valence-electron chi connectivity index (χ0n) is 9.68. The molecule has 5 nitrogen and oxygen atoms in total. The molecule has 1 aliphatic rings. The molecule has 17 heavy (non-hydrogen) atoms. The molecule has 1 fully saturated rings. The van der Waals surface area contributed by atoms with Crippen LogP contribution < -0.4 is 10.2 Å². The van der Waals surface area contributed by atoms with Gasteiger partial charge in [0, 0.05) is 32.3 Å². The number of rotatable bonds is 2.